The molecule has 0 aromatic heterocycles. The van der Waals surface area contributed by atoms with E-state index in [0.29, 0.717) is 109 Å². The van der Waals surface area contributed by atoms with E-state index in [2.05, 4.69) is 0 Å². The topological polar surface area (TPSA) is 262 Å². The summed E-state index contributed by atoms with van der Waals surface area (Å²) in [6.07, 6.45) is 6.40. The number of nitrogens with two attached hydrogens (primary N) is 3. The van der Waals surface area contributed by atoms with E-state index in [0.717, 1.165) is 37.3 Å². The molecule has 3 heterocycles. The van der Waals surface area contributed by atoms with Gasteiger partial charge in [0, 0.05) is 114 Å². The van der Waals surface area contributed by atoms with Gasteiger partial charge in [0.2, 0.25) is 23.6 Å². The highest BCUT2D eigenvalue weighted by Gasteiger charge is 2.33. The molecule has 3 aromatic carbocycles. The van der Waals surface area contributed by atoms with Crippen LogP contribution in [-0.4, -0.2) is 174 Å². The molecule has 6 N–H and O–H groups in total. The molecule has 0 radical (unpaired) electrons. The highest BCUT2D eigenvalue weighted by molar-refractivity contribution is 7.92. The van der Waals surface area contributed by atoms with Gasteiger partial charge in [-0.1, -0.05) is 0 Å². The minimum absolute atomic E-state index is 0.00405. The van der Waals surface area contributed by atoms with Gasteiger partial charge in [-0.3, -0.25) is 19.2 Å². The molecule has 3 aromatic rings. The molecule has 0 unspecified atom stereocenters. The maximum absolute atomic E-state index is 13.9. The number of amides is 4. The van der Waals surface area contributed by atoms with Crippen molar-refractivity contribution >= 4 is 53.1 Å². The SMILES string of the molecule is CCN(CC)C(=O)CS(=O)(=O)CCC(=O)N1CCC([C@H](N)Cc2cc(F)c(F)cc2F)CC1.CS(=O)(=O)CCC(=O)N1CCC([C@H](N)Cc2cc(F)c(F)cc2F)CC1.N[C@H](Cc1cc(F)c(F)cc1F)C1CCN(C(=O)CCS(=O)(=O)CC2CC2)CC1. The van der Waals surface area contributed by atoms with Crippen molar-refractivity contribution in [3.8, 4) is 0 Å². The monoisotopic (exact) mass is 1320 g/mol. The van der Waals surface area contributed by atoms with Crippen LogP contribution in [0.5, 0.6) is 0 Å². The smallest absolute Gasteiger partial charge is 0.237 e. The third kappa shape index (κ3) is 23.5. The summed E-state index contributed by atoms with van der Waals surface area (Å²) in [5, 5.41) is 0. The summed E-state index contributed by atoms with van der Waals surface area (Å²) in [6.45, 7) is 6.92. The molecule has 3 aliphatic heterocycles. The van der Waals surface area contributed by atoms with Crippen molar-refractivity contribution in [1.29, 1.82) is 0 Å². The molecular formula is C59H82F9N7O10S3. The van der Waals surface area contributed by atoms with Crippen molar-refractivity contribution in [3.63, 3.8) is 0 Å². The zero-order chi connectivity index (χ0) is 65.4. The Balaban J connectivity index is 0.000000242. The van der Waals surface area contributed by atoms with Gasteiger partial charge in [0.1, 0.15) is 33.0 Å². The summed E-state index contributed by atoms with van der Waals surface area (Å²) in [4.78, 5) is 55.1. The predicted octanol–water partition coefficient (Wildman–Crippen LogP) is 5.96. The van der Waals surface area contributed by atoms with E-state index in [4.69, 9.17) is 17.2 Å². The van der Waals surface area contributed by atoms with Gasteiger partial charge in [-0.05, 0) is 143 Å². The van der Waals surface area contributed by atoms with Crippen LogP contribution in [0.4, 0.5) is 39.5 Å². The number of halogens is 9. The Morgan fingerprint density at radius 3 is 1.02 bits per heavy atom. The van der Waals surface area contributed by atoms with Crippen LogP contribution in [0.2, 0.25) is 0 Å². The standard InChI is InChI=1S/C22H32F3N3O4S.C20H27F3N2O3S.C17H23F3N2O3S/c1-3-27(4-2)22(30)14-33(31,32)10-7-21(29)28-8-5-15(6-9-28)20(26)12-16-11-18(24)19(25)13-17(16)23;21-16-11-18(23)17(22)9-15(16)10-19(24)14-3-6-25(7-4-14)20(26)5-8-29(27,28)12-13-1-2-13;1-26(24,25)7-4-17(23)22-5-2-11(3-6-22)16(21)9-12-8-14(19)15(20)10-13(12)18/h11,13,15,20H,3-10,12,14,26H2,1-2H3;9,11,13-14,19H,1-8,10,12,24H2;8,10-11,16H,2-7,9,21H2,1H3/t20-;19-;16-/m111/s1. The van der Waals surface area contributed by atoms with Crippen LogP contribution >= 0.6 is 0 Å². The number of benzene rings is 3. The number of piperidine rings is 3. The molecule has 0 bridgehead atoms. The van der Waals surface area contributed by atoms with E-state index >= 15 is 0 Å². The lowest BCUT2D eigenvalue weighted by Crippen LogP contribution is -2.44. The number of sulfone groups is 3. The van der Waals surface area contributed by atoms with Crippen molar-refractivity contribution < 1.29 is 83.9 Å². The van der Waals surface area contributed by atoms with Gasteiger partial charge in [-0.15, -0.1) is 0 Å². The van der Waals surface area contributed by atoms with Crippen molar-refractivity contribution in [1.82, 2.24) is 19.6 Å². The van der Waals surface area contributed by atoms with Crippen LogP contribution in [-0.2, 0) is 68.0 Å². The number of rotatable bonds is 24. The number of hydrogen-bond acceptors (Lipinski definition) is 13. The number of nitrogens with zero attached hydrogens (tertiary/aromatic N) is 4. The predicted molar refractivity (Wildman–Crippen MR) is 313 cm³/mol. The Hall–Kier alpha value is -5.36. The minimum atomic E-state index is -3.70. The van der Waals surface area contributed by atoms with Crippen molar-refractivity contribution in [2.45, 2.75) is 122 Å². The van der Waals surface area contributed by atoms with Crippen LogP contribution in [0.3, 0.4) is 0 Å². The summed E-state index contributed by atoms with van der Waals surface area (Å²) in [5.41, 5.74) is 18.5. The Kier molecular flexibility index (Phi) is 27.6. The molecule has 4 amide bonds. The Morgan fingerprint density at radius 2 is 0.739 bits per heavy atom. The molecule has 1 saturated carbocycles. The maximum atomic E-state index is 13.9. The summed E-state index contributed by atoms with van der Waals surface area (Å²) in [7, 11) is -10.1. The van der Waals surface area contributed by atoms with Gasteiger partial charge in [-0.2, -0.15) is 0 Å². The second-order valence-corrected chi connectivity index (χ2v) is 30.1. The first-order chi connectivity index (χ1) is 41.2. The first-order valence-corrected chi connectivity index (χ1v) is 35.2. The van der Waals surface area contributed by atoms with Crippen molar-refractivity contribution in [2.75, 3.05) is 87.4 Å². The van der Waals surface area contributed by atoms with Gasteiger partial charge in [-0.25, -0.2) is 64.8 Å². The highest BCUT2D eigenvalue weighted by atomic mass is 32.2. The van der Waals surface area contributed by atoms with E-state index in [1.807, 2.05) is 0 Å². The van der Waals surface area contributed by atoms with Crippen molar-refractivity contribution in [3.05, 3.63) is 105 Å². The molecule has 29 heteroatoms. The maximum Gasteiger partial charge on any atom is 0.237 e. The summed E-state index contributed by atoms with van der Waals surface area (Å²) in [5.74, 6) is -11.6. The van der Waals surface area contributed by atoms with Crippen molar-refractivity contribution in [2.24, 2.45) is 40.9 Å². The molecule has 7 rings (SSSR count). The van der Waals surface area contributed by atoms with Gasteiger partial charge >= 0.3 is 0 Å². The fraction of sp³-hybridized carbons (Fsp3) is 0.627. The number of carbonyl (C=O) groups excluding carboxylic acids is 4. The molecule has 1 aliphatic carbocycles. The quantitative estimate of drug-likeness (QED) is 0.0692. The Labute approximate surface area is 510 Å². The van der Waals surface area contributed by atoms with Gasteiger partial charge in [0.15, 0.2) is 54.6 Å². The second-order valence-electron chi connectivity index (χ2n) is 23.4. The molecule has 0 spiro atoms. The summed E-state index contributed by atoms with van der Waals surface area (Å²) in [6, 6.07) is 2.65. The highest BCUT2D eigenvalue weighted by Crippen LogP contribution is 2.31. The van der Waals surface area contributed by atoms with Crippen LogP contribution in [0.1, 0.15) is 101 Å². The molecule has 4 aliphatic rings. The Morgan fingerprint density at radius 1 is 0.455 bits per heavy atom. The van der Waals surface area contributed by atoms with E-state index in [1.54, 1.807) is 28.5 Å². The second kappa shape index (κ2) is 33.1. The van der Waals surface area contributed by atoms with E-state index in [9.17, 15) is 83.9 Å². The zero-order valence-corrected chi connectivity index (χ0v) is 52.3. The first kappa shape index (κ1) is 73.4. The van der Waals surface area contributed by atoms with Gasteiger partial charge < -0.3 is 36.8 Å². The average molecular weight is 1320 g/mol. The van der Waals surface area contributed by atoms with E-state index < -0.39 is 117 Å². The lowest BCUT2D eigenvalue weighted by molar-refractivity contribution is -0.133. The summed E-state index contributed by atoms with van der Waals surface area (Å²) >= 11 is 0. The third-order valence-corrected chi connectivity index (χ3v) is 21.0. The normalized spacial score (nSPS) is 17.5. The zero-order valence-electron chi connectivity index (χ0n) is 49.8. The third-order valence-electron chi connectivity index (χ3n) is 16.7. The van der Waals surface area contributed by atoms with Crippen LogP contribution < -0.4 is 17.2 Å². The van der Waals surface area contributed by atoms with E-state index in [-0.39, 0.29) is 114 Å². The van der Waals surface area contributed by atoms with E-state index in [1.165, 1.54) is 4.90 Å². The fourth-order valence-corrected chi connectivity index (χ4v) is 14.5. The fourth-order valence-electron chi connectivity index (χ4n) is 11.0. The van der Waals surface area contributed by atoms with Gasteiger partial charge in [0.05, 0.1) is 23.0 Å². The molecule has 3 saturated heterocycles. The number of likely N-dealkylation sites (tertiary alicyclic amines) is 3. The van der Waals surface area contributed by atoms with Crippen LogP contribution in [0, 0.1) is 76.0 Å². The molecule has 3 atom stereocenters. The lowest BCUT2D eigenvalue weighted by atomic mass is 9.86. The van der Waals surface area contributed by atoms with Crippen LogP contribution in [0.15, 0.2) is 36.4 Å². The summed E-state index contributed by atoms with van der Waals surface area (Å²) < 4.78 is 191. The molecular weight excluding hydrogens is 1230 g/mol. The van der Waals surface area contributed by atoms with Gasteiger partial charge in [0.25, 0.3) is 0 Å². The minimum Gasteiger partial charge on any atom is -0.343 e. The molecule has 88 heavy (non-hydrogen) atoms. The Bertz CT molecular complexity index is 3230. The van der Waals surface area contributed by atoms with Crippen LogP contribution in [0.25, 0.3) is 0 Å². The molecule has 4 fully saturated rings. The largest absolute Gasteiger partial charge is 0.343 e. The average Bonchev–Trinajstić information content (AvgIpc) is 2.69. The molecule has 494 valence electrons. The first-order valence-electron chi connectivity index (χ1n) is 29.5. The molecule has 17 nitrogen and oxygen atoms in total. The number of hydrogen-bond donors (Lipinski definition) is 3. The number of carbonyl (C=O) groups is 4. The lowest BCUT2D eigenvalue weighted by Gasteiger charge is -2.35.